The first-order valence-electron chi connectivity index (χ1n) is 4.14. The van der Waals surface area contributed by atoms with Crippen molar-refractivity contribution in [1.82, 2.24) is 10.6 Å². The minimum Gasteiger partial charge on any atom is -0.329 e. The van der Waals surface area contributed by atoms with Crippen LogP contribution in [-0.2, 0) is 0 Å². The molecule has 3 nitrogen and oxygen atoms in total. The smallest absolute Gasteiger partial charge is 0.00772 e. The van der Waals surface area contributed by atoms with Crippen molar-refractivity contribution in [2.24, 2.45) is 5.73 Å². The van der Waals surface area contributed by atoms with Crippen LogP contribution in [0.2, 0.25) is 0 Å². The summed E-state index contributed by atoms with van der Waals surface area (Å²) < 4.78 is 0. The van der Waals surface area contributed by atoms with E-state index < -0.39 is 0 Å². The van der Waals surface area contributed by atoms with Crippen LogP contribution >= 0.6 is 12.6 Å². The summed E-state index contributed by atoms with van der Waals surface area (Å²) in [6.45, 7) is 4.72. The minimum absolute atomic E-state index is 0.719. The Kier molecular flexibility index (Phi) is 10.4. The second-order valence-electron chi connectivity index (χ2n) is 2.37. The van der Waals surface area contributed by atoms with Crippen LogP contribution in [0.5, 0.6) is 0 Å². The molecule has 4 N–H and O–H groups in total. The van der Waals surface area contributed by atoms with Crippen molar-refractivity contribution in [3.05, 3.63) is 0 Å². The molecule has 68 valence electrons. The van der Waals surface area contributed by atoms with Gasteiger partial charge < -0.3 is 16.4 Å². The molecular weight excluding hydrogens is 158 g/mol. The highest BCUT2D eigenvalue weighted by molar-refractivity contribution is 7.80. The highest BCUT2D eigenvalue weighted by atomic mass is 32.1. The molecule has 0 saturated heterocycles. The van der Waals surface area contributed by atoms with Gasteiger partial charge in [0, 0.05) is 26.2 Å². The van der Waals surface area contributed by atoms with Crippen LogP contribution in [0.1, 0.15) is 6.42 Å². The molecule has 0 aliphatic heterocycles. The molecule has 0 amide bonds. The lowest BCUT2D eigenvalue weighted by atomic mass is 10.4. The summed E-state index contributed by atoms with van der Waals surface area (Å²) in [6, 6.07) is 0. The Labute approximate surface area is 74.5 Å². The number of rotatable bonds is 8. The van der Waals surface area contributed by atoms with Crippen LogP contribution in [0.4, 0.5) is 0 Å². The predicted octanol–water partition coefficient (Wildman–Crippen LogP) is -0.556. The van der Waals surface area contributed by atoms with E-state index in [4.69, 9.17) is 5.73 Å². The average molecular weight is 177 g/mol. The van der Waals surface area contributed by atoms with Gasteiger partial charge >= 0.3 is 0 Å². The first-order valence-corrected chi connectivity index (χ1v) is 4.77. The fraction of sp³-hybridized carbons (Fsp3) is 1.00. The van der Waals surface area contributed by atoms with Crippen LogP contribution in [-0.4, -0.2) is 38.5 Å². The van der Waals surface area contributed by atoms with E-state index in [1.807, 2.05) is 0 Å². The van der Waals surface area contributed by atoms with Gasteiger partial charge in [0.1, 0.15) is 0 Å². The highest BCUT2D eigenvalue weighted by Crippen LogP contribution is 1.78. The summed E-state index contributed by atoms with van der Waals surface area (Å²) in [5, 5.41) is 6.50. The number of nitrogens with two attached hydrogens (primary N) is 1. The molecule has 0 aliphatic rings. The zero-order chi connectivity index (χ0) is 8.36. The van der Waals surface area contributed by atoms with E-state index in [1.54, 1.807) is 0 Å². The zero-order valence-corrected chi connectivity index (χ0v) is 7.87. The zero-order valence-electron chi connectivity index (χ0n) is 6.97. The Bertz CT molecular complexity index is 62.7. The minimum atomic E-state index is 0.719. The molecule has 0 spiro atoms. The maximum Gasteiger partial charge on any atom is 0.00772 e. The molecule has 0 unspecified atom stereocenters. The molecule has 0 aromatic rings. The summed E-state index contributed by atoms with van der Waals surface area (Å²) >= 11 is 4.11. The van der Waals surface area contributed by atoms with E-state index in [0.29, 0.717) is 0 Å². The molecule has 0 atom stereocenters. The maximum absolute atomic E-state index is 5.30. The van der Waals surface area contributed by atoms with Crippen LogP contribution in [0.15, 0.2) is 0 Å². The average Bonchev–Trinajstić information content (AvgIpc) is 2.03. The Balaban J connectivity index is 2.69. The van der Waals surface area contributed by atoms with Crippen molar-refractivity contribution in [3.63, 3.8) is 0 Å². The first-order chi connectivity index (χ1) is 5.41. The maximum atomic E-state index is 5.30. The van der Waals surface area contributed by atoms with Gasteiger partial charge in [-0.1, -0.05) is 0 Å². The van der Waals surface area contributed by atoms with Crippen molar-refractivity contribution in [2.45, 2.75) is 6.42 Å². The van der Waals surface area contributed by atoms with Crippen LogP contribution in [0.3, 0.4) is 0 Å². The lowest BCUT2D eigenvalue weighted by molar-refractivity contribution is 0.612. The van der Waals surface area contributed by atoms with E-state index in [1.165, 1.54) is 0 Å². The van der Waals surface area contributed by atoms with E-state index >= 15 is 0 Å². The van der Waals surface area contributed by atoms with Gasteiger partial charge in [0.15, 0.2) is 0 Å². The normalized spacial score (nSPS) is 10.4. The molecule has 0 aromatic carbocycles. The highest BCUT2D eigenvalue weighted by Gasteiger charge is 1.85. The fourth-order valence-electron chi connectivity index (χ4n) is 0.733. The second kappa shape index (κ2) is 10.2. The second-order valence-corrected chi connectivity index (χ2v) is 2.81. The van der Waals surface area contributed by atoms with Crippen molar-refractivity contribution < 1.29 is 0 Å². The molecule has 11 heavy (non-hydrogen) atoms. The Hall–Kier alpha value is 0.230. The first kappa shape index (κ1) is 11.2. The summed E-state index contributed by atoms with van der Waals surface area (Å²) in [5.41, 5.74) is 5.30. The molecule has 0 radical (unpaired) electrons. The molecule has 4 heteroatoms. The van der Waals surface area contributed by atoms with Gasteiger partial charge in [-0.2, -0.15) is 12.6 Å². The standard InChI is InChI=1S/C7H19N3S/c8-2-4-10-6-5-9-3-1-7-11/h9-11H,1-8H2. The van der Waals surface area contributed by atoms with E-state index in [0.717, 1.165) is 44.9 Å². The molecule has 0 heterocycles. The fourth-order valence-corrected chi connectivity index (χ4v) is 0.891. The van der Waals surface area contributed by atoms with Crippen molar-refractivity contribution in [2.75, 3.05) is 38.5 Å². The van der Waals surface area contributed by atoms with Gasteiger partial charge in [0.25, 0.3) is 0 Å². The molecule has 0 fully saturated rings. The molecular formula is C7H19N3S. The van der Waals surface area contributed by atoms with Crippen molar-refractivity contribution in [1.29, 1.82) is 0 Å². The van der Waals surface area contributed by atoms with Gasteiger partial charge in [0.05, 0.1) is 0 Å². The molecule has 0 saturated carbocycles. The van der Waals surface area contributed by atoms with Crippen LogP contribution in [0.25, 0.3) is 0 Å². The van der Waals surface area contributed by atoms with Gasteiger partial charge in [-0.25, -0.2) is 0 Å². The van der Waals surface area contributed by atoms with Crippen LogP contribution < -0.4 is 16.4 Å². The lowest BCUT2D eigenvalue weighted by Gasteiger charge is -2.03. The number of nitrogens with one attached hydrogen (secondary N) is 2. The Morgan fingerprint density at radius 2 is 1.64 bits per heavy atom. The summed E-state index contributed by atoms with van der Waals surface area (Å²) in [5.74, 6) is 0.962. The van der Waals surface area contributed by atoms with E-state index in [2.05, 4.69) is 23.3 Å². The van der Waals surface area contributed by atoms with Crippen molar-refractivity contribution >= 4 is 12.6 Å². The number of hydrogen-bond donors (Lipinski definition) is 4. The predicted molar refractivity (Wildman–Crippen MR) is 53.3 cm³/mol. The van der Waals surface area contributed by atoms with Gasteiger partial charge in [-0.3, -0.25) is 0 Å². The molecule has 0 aliphatic carbocycles. The molecule has 0 aromatic heterocycles. The summed E-state index contributed by atoms with van der Waals surface area (Å²) in [4.78, 5) is 0. The quantitative estimate of drug-likeness (QED) is 0.297. The van der Waals surface area contributed by atoms with E-state index in [-0.39, 0.29) is 0 Å². The number of thiol groups is 1. The Morgan fingerprint density at radius 3 is 2.18 bits per heavy atom. The monoisotopic (exact) mass is 177 g/mol. The third-order valence-corrected chi connectivity index (χ3v) is 1.63. The van der Waals surface area contributed by atoms with Gasteiger partial charge in [0.2, 0.25) is 0 Å². The largest absolute Gasteiger partial charge is 0.329 e. The van der Waals surface area contributed by atoms with Crippen LogP contribution in [0, 0.1) is 0 Å². The summed E-state index contributed by atoms with van der Waals surface area (Å²) in [6.07, 6.45) is 1.14. The number of hydrogen-bond acceptors (Lipinski definition) is 4. The van der Waals surface area contributed by atoms with Gasteiger partial charge in [-0.05, 0) is 18.7 Å². The summed E-state index contributed by atoms with van der Waals surface area (Å²) in [7, 11) is 0. The molecule has 0 rings (SSSR count). The SMILES string of the molecule is NCCNCCNCCCS. The third-order valence-electron chi connectivity index (χ3n) is 1.31. The Morgan fingerprint density at radius 1 is 1.00 bits per heavy atom. The lowest BCUT2D eigenvalue weighted by Crippen LogP contribution is -2.31. The third kappa shape index (κ3) is 10.2. The topological polar surface area (TPSA) is 50.1 Å². The molecule has 0 bridgehead atoms. The van der Waals surface area contributed by atoms with Crippen molar-refractivity contribution in [3.8, 4) is 0 Å². The van der Waals surface area contributed by atoms with Gasteiger partial charge in [-0.15, -0.1) is 0 Å². The van der Waals surface area contributed by atoms with E-state index in [9.17, 15) is 0 Å².